The molecule has 0 aliphatic carbocycles. The van der Waals surface area contributed by atoms with Gasteiger partial charge in [-0.15, -0.1) is 0 Å². The summed E-state index contributed by atoms with van der Waals surface area (Å²) in [4.78, 5) is 2.56. The van der Waals surface area contributed by atoms with Crippen LogP contribution in [0.3, 0.4) is 0 Å². The topological polar surface area (TPSA) is 49.4 Å². The molecule has 0 spiro atoms. The van der Waals surface area contributed by atoms with Crippen molar-refractivity contribution in [3.8, 4) is 0 Å². The molecule has 1 saturated heterocycles. The highest BCUT2D eigenvalue weighted by molar-refractivity contribution is 7.92. The molecule has 0 unspecified atom stereocenters. The van der Waals surface area contributed by atoms with E-state index in [-0.39, 0.29) is 4.90 Å². The average molecular weight is 379 g/mol. The predicted octanol–water partition coefficient (Wildman–Crippen LogP) is 4.69. The van der Waals surface area contributed by atoms with E-state index < -0.39 is 10.0 Å². The van der Waals surface area contributed by atoms with Crippen LogP contribution in [0.5, 0.6) is 0 Å². The van der Waals surface area contributed by atoms with Gasteiger partial charge in [-0.3, -0.25) is 4.72 Å². The molecule has 1 aliphatic heterocycles. The van der Waals surface area contributed by atoms with E-state index >= 15 is 0 Å². The van der Waals surface area contributed by atoms with Gasteiger partial charge in [0.2, 0.25) is 0 Å². The molecule has 3 rings (SSSR count). The minimum absolute atomic E-state index is 0.212. The van der Waals surface area contributed by atoms with Crippen LogP contribution in [0.15, 0.2) is 47.4 Å². The molecule has 4 nitrogen and oxygen atoms in total. The zero-order chi connectivity index (χ0) is 18.0. The summed E-state index contributed by atoms with van der Waals surface area (Å²) >= 11 is 5.97. The molecule has 2 aromatic rings. The van der Waals surface area contributed by atoms with Crippen molar-refractivity contribution in [3.63, 3.8) is 0 Å². The number of nitrogens with one attached hydrogen (secondary N) is 1. The summed E-state index contributed by atoms with van der Waals surface area (Å²) in [7, 11) is -3.62. The molecule has 0 atom stereocenters. The van der Waals surface area contributed by atoms with Gasteiger partial charge in [0.05, 0.1) is 4.90 Å². The highest BCUT2D eigenvalue weighted by Crippen LogP contribution is 2.26. The molecule has 0 radical (unpaired) electrons. The second-order valence-electron chi connectivity index (χ2n) is 6.73. The molecule has 1 aliphatic rings. The van der Waals surface area contributed by atoms with Crippen molar-refractivity contribution in [2.45, 2.75) is 31.6 Å². The van der Waals surface area contributed by atoms with E-state index in [0.717, 1.165) is 30.3 Å². The summed E-state index contributed by atoms with van der Waals surface area (Å²) in [6, 6.07) is 12.3. The first-order chi connectivity index (χ1) is 11.8. The zero-order valence-corrected chi connectivity index (χ0v) is 16.1. The number of piperidine rings is 1. The van der Waals surface area contributed by atoms with Crippen LogP contribution < -0.4 is 9.62 Å². The predicted molar refractivity (Wildman–Crippen MR) is 104 cm³/mol. The summed E-state index contributed by atoms with van der Waals surface area (Å²) in [5.41, 5.74) is 2.43. The minimum Gasteiger partial charge on any atom is -0.372 e. The number of nitrogens with zero attached hydrogens (tertiary/aromatic N) is 1. The number of hydrogen-bond acceptors (Lipinski definition) is 3. The van der Waals surface area contributed by atoms with Gasteiger partial charge in [-0.1, -0.05) is 18.5 Å². The minimum atomic E-state index is -3.62. The van der Waals surface area contributed by atoms with Crippen LogP contribution in [0, 0.1) is 12.8 Å². The average Bonchev–Trinajstić information content (AvgIpc) is 2.58. The fourth-order valence-electron chi connectivity index (χ4n) is 3.01. The van der Waals surface area contributed by atoms with Crippen LogP contribution in [-0.2, 0) is 10.0 Å². The Morgan fingerprint density at radius 1 is 1.08 bits per heavy atom. The number of sulfonamides is 1. The molecule has 6 heteroatoms. The SMILES string of the molecule is Cc1cc(S(=O)(=O)Nc2ccc(N3CCC(C)CC3)cc2)ccc1Cl. The Kier molecular flexibility index (Phi) is 5.25. The fraction of sp³-hybridized carbons (Fsp3) is 0.368. The Morgan fingerprint density at radius 2 is 1.72 bits per heavy atom. The Morgan fingerprint density at radius 3 is 2.32 bits per heavy atom. The number of halogens is 1. The van der Waals surface area contributed by atoms with E-state index in [1.54, 1.807) is 19.1 Å². The molecule has 25 heavy (non-hydrogen) atoms. The van der Waals surface area contributed by atoms with Gasteiger partial charge in [0.1, 0.15) is 0 Å². The van der Waals surface area contributed by atoms with Crippen molar-refractivity contribution >= 4 is 33.0 Å². The highest BCUT2D eigenvalue weighted by Gasteiger charge is 2.17. The Labute approximate surface area is 154 Å². The van der Waals surface area contributed by atoms with Gasteiger partial charge in [-0.2, -0.15) is 0 Å². The Hall–Kier alpha value is -1.72. The smallest absolute Gasteiger partial charge is 0.261 e. The first kappa shape index (κ1) is 18.1. The van der Waals surface area contributed by atoms with Gasteiger partial charge < -0.3 is 4.90 Å². The number of aryl methyl sites for hydroxylation is 1. The van der Waals surface area contributed by atoms with E-state index in [1.165, 1.54) is 18.9 Å². The lowest BCUT2D eigenvalue weighted by atomic mass is 9.99. The van der Waals surface area contributed by atoms with Crippen molar-refractivity contribution in [2.24, 2.45) is 5.92 Å². The number of hydrogen-bond donors (Lipinski definition) is 1. The van der Waals surface area contributed by atoms with E-state index in [9.17, 15) is 8.42 Å². The summed E-state index contributed by atoms with van der Waals surface area (Å²) in [5.74, 6) is 0.783. The molecule has 134 valence electrons. The van der Waals surface area contributed by atoms with E-state index in [0.29, 0.717) is 10.7 Å². The van der Waals surface area contributed by atoms with Gasteiger partial charge in [0, 0.05) is 29.5 Å². The molecule has 2 aromatic carbocycles. The number of benzene rings is 2. The largest absolute Gasteiger partial charge is 0.372 e. The third kappa shape index (κ3) is 4.28. The third-order valence-corrected chi connectivity index (χ3v) is 6.51. The normalized spacial score (nSPS) is 16.0. The first-order valence-electron chi connectivity index (χ1n) is 8.49. The lowest BCUT2D eigenvalue weighted by Gasteiger charge is -2.32. The molecule has 1 heterocycles. The molecule has 0 bridgehead atoms. The molecule has 0 aromatic heterocycles. The lowest BCUT2D eigenvalue weighted by Crippen LogP contribution is -2.32. The van der Waals surface area contributed by atoms with Crippen LogP contribution in [0.1, 0.15) is 25.3 Å². The summed E-state index contributed by atoms with van der Waals surface area (Å²) < 4.78 is 27.7. The van der Waals surface area contributed by atoms with E-state index in [4.69, 9.17) is 11.6 Å². The highest BCUT2D eigenvalue weighted by atomic mass is 35.5. The maximum Gasteiger partial charge on any atom is 0.261 e. The Bertz CT molecular complexity index is 842. The third-order valence-electron chi connectivity index (χ3n) is 4.71. The second-order valence-corrected chi connectivity index (χ2v) is 8.82. The number of anilines is 2. The van der Waals surface area contributed by atoms with Crippen LogP contribution in [-0.4, -0.2) is 21.5 Å². The van der Waals surface area contributed by atoms with Crippen molar-refractivity contribution < 1.29 is 8.42 Å². The Balaban J connectivity index is 1.73. The first-order valence-corrected chi connectivity index (χ1v) is 10.4. The molecule has 1 N–H and O–H groups in total. The maximum absolute atomic E-state index is 12.5. The van der Waals surface area contributed by atoms with Crippen molar-refractivity contribution in [3.05, 3.63) is 53.1 Å². The standard InChI is InChI=1S/C19H23ClN2O2S/c1-14-9-11-22(12-10-14)17-5-3-16(4-6-17)21-25(23,24)18-7-8-19(20)15(2)13-18/h3-8,13-14,21H,9-12H2,1-2H3. The van der Waals surface area contributed by atoms with Crippen LogP contribution in [0.2, 0.25) is 5.02 Å². The quantitative estimate of drug-likeness (QED) is 0.839. The second kappa shape index (κ2) is 7.26. The summed E-state index contributed by atoms with van der Waals surface area (Å²) in [6.07, 6.45) is 2.40. The summed E-state index contributed by atoms with van der Waals surface area (Å²) in [6.45, 7) is 6.18. The molecular formula is C19H23ClN2O2S. The van der Waals surface area contributed by atoms with Crippen LogP contribution in [0.4, 0.5) is 11.4 Å². The fourth-order valence-corrected chi connectivity index (χ4v) is 4.27. The lowest BCUT2D eigenvalue weighted by molar-refractivity contribution is 0.438. The van der Waals surface area contributed by atoms with Crippen molar-refractivity contribution in [1.82, 2.24) is 0 Å². The van der Waals surface area contributed by atoms with Crippen molar-refractivity contribution in [1.29, 1.82) is 0 Å². The molecular weight excluding hydrogens is 356 g/mol. The van der Waals surface area contributed by atoms with Crippen molar-refractivity contribution in [2.75, 3.05) is 22.7 Å². The van der Waals surface area contributed by atoms with Gasteiger partial charge >= 0.3 is 0 Å². The zero-order valence-electron chi connectivity index (χ0n) is 14.5. The van der Waals surface area contributed by atoms with E-state index in [2.05, 4.69) is 16.5 Å². The van der Waals surface area contributed by atoms with E-state index in [1.807, 2.05) is 24.3 Å². The van der Waals surface area contributed by atoms with Gasteiger partial charge in [0.15, 0.2) is 0 Å². The number of rotatable bonds is 4. The van der Waals surface area contributed by atoms with Gasteiger partial charge in [0.25, 0.3) is 10.0 Å². The maximum atomic E-state index is 12.5. The van der Waals surface area contributed by atoms with Crippen LogP contribution >= 0.6 is 11.6 Å². The molecule has 1 fully saturated rings. The molecule has 0 amide bonds. The van der Waals surface area contributed by atoms with Crippen LogP contribution in [0.25, 0.3) is 0 Å². The monoisotopic (exact) mass is 378 g/mol. The van der Waals surface area contributed by atoms with Gasteiger partial charge in [-0.25, -0.2) is 8.42 Å². The summed E-state index contributed by atoms with van der Waals surface area (Å²) in [5, 5.41) is 0.555. The molecule has 0 saturated carbocycles. The van der Waals surface area contributed by atoms with Gasteiger partial charge in [-0.05, 0) is 73.7 Å².